The molecule has 1 heterocycles. The highest BCUT2D eigenvalue weighted by molar-refractivity contribution is 14.0. The van der Waals surface area contributed by atoms with Crippen LogP contribution in [0.3, 0.4) is 0 Å². The Labute approximate surface area is 196 Å². The Morgan fingerprint density at radius 1 is 1.38 bits per heavy atom. The van der Waals surface area contributed by atoms with Crippen LogP contribution in [0.15, 0.2) is 29.3 Å². The van der Waals surface area contributed by atoms with E-state index in [1.165, 1.54) is 0 Å². The van der Waals surface area contributed by atoms with E-state index in [0.717, 1.165) is 18.4 Å². The molecule has 0 radical (unpaired) electrons. The summed E-state index contributed by atoms with van der Waals surface area (Å²) in [5.74, 6) is 0.898. The number of hydrogen-bond acceptors (Lipinski definition) is 4. The smallest absolute Gasteiger partial charge is 0.214 e. The van der Waals surface area contributed by atoms with Crippen LogP contribution in [0.1, 0.15) is 37.9 Å². The number of sulfonamides is 1. The summed E-state index contributed by atoms with van der Waals surface area (Å²) in [6.45, 7) is 3.51. The molecule has 166 valence electrons. The molecular formula is C19H32ClIN4O3S. The maximum atomic E-state index is 12.2. The lowest BCUT2D eigenvalue weighted by Gasteiger charge is -2.32. The fourth-order valence-corrected chi connectivity index (χ4v) is 5.03. The average molecular weight is 559 g/mol. The summed E-state index contributed by atoms with van der Waals surface area (Å²) in [4.78, 5) is 4.28. The quantitative estimate of drug-likeness (QED) is 0.291. The minimum atomic E-state index is -3.12. The molecular weight excluding hydrogens is 527 g/mol. The minimum Gasteiger partial charge on any atom is -0.375 e. The van der Waals surface area contributed by atoms with Gasteiger partial charge in [0.2, 0.25) is 10.0 Å². The molecule has 1 atom stereocenters. The van der Waals surface area contributed by atoms with Gasteiger partial charge < -0.3 is 15.4 Å². The fraction of sp³-hybridized carbons (Fsp3) is 0.632. The lowest BCUT2D eigenvalue weighted by Crippen LogP contribution is -2.50. The van der Waals surface area contributed by atoms with Gasteiger partial charge in [-0.1, -0.05) is 30.7 Å². The summed E-state index contributed by atoms with van der Waals surface area (Å²) in [5, 5.41) is 7.35. The monoisotopic (exact) mass is 558 g/mol. The number of rotatable bonds is 8. The van der Waals surface area contributed by atoms with Gasteiger partial charge in [-0.3, -0.25) is 4.99 Å². The molecule has 0 bridgehead atoms. The number of nitrogens with zero attached hydrogens (tertiary/aromatic N) is 2. The van der Waals surface area contributed by atoms with Crippen LogP contribution in [-0.2, 0) is 14.8 Å². The molecule has 29 heavy (non-hydrogen) atoms. The largest absolute Gasteiger partial charge is 0.375 e. The zero-order chi connectivity index (χ0) is 20.6. The molecule has 1 fully saturated rings. The van der Waals surface area contributed by atoms with Crippen LogP contribution >= 0.6 is 35.6 Å². The van der Waals surface area contributed by atoms with Crippen molar-refractivity contribution in [3.8, 4) is 0 Å². The second-order valence-electron chi connectivity index (χ2n) is 6.87. The molecule has 2 N–H and O–H groups in total. The maximum absolute atomic E-state index is 12.2. The molecule has 0 spiro atoms. The van der Waals surface area contributed by atoms with Gasteiger partial charge in [0.15, 0.2) is 5.96 Å². The summed E-state index contributed by atoms with van der Waals surface area (Å²) < 4.78 is 31.5. The Bertz CT molecular complexity index is 756. The zero-order valence-corrected chi connectivity index (χ0v) is 21.1. The lowest BCUT2D eigenvalue weighted by molar-refractivity contribution is 0.106. The summed E-state index contributed by atoms with van der Waals surface area (Å²) in [6, 6.07) is 7.78. The van der Waals surface area contributed by atoms with Gasteiger partial charge in [-0.2, -0.15) is 0 Å². The maximum Gasteiger partial charge on any atom is 0.214 e. The van der Waals surface area contributed by atoms with Gasteiger partial charge in [0.1, 0.15) is 0 Å². The van der Waals surface area contributed by atoms with Gasteiger partial charge in [0.05, 0.1) is 11.9 Å². The summed E-state index contributed by atoms with van der Waals surface area (Å²) in [5.41, 5.74) is 0.993. The molecule has 0 saturated carbocycles. The van der Waals surface area contributed by atoms with Crippen molar-refractivity contribution in [2.45, 2.75) is 38.3 Å². The van der Waals surface area contributed by atoms with E-state index in [2.05, 4.69) is 15.6 Å². The first kappa shape index (κ1) is 26.4. The predicted molar refractivity (Wildman–Crippen MR) is 130 cm³/mol. The van der Waals surface area contributed by atoms with E-state index in [0.29, 0.717) is 37.0 Å². The molecule has 7 nitrogen and oxygen atoms in total. The van der Waals surface area contributed by atoms with Crippen molar-refractivity contribution in [1.29, 1.82) is 0 Å². The average Bonchev–Trinajstić information content (AvgIpc) is 2.68. The van der Waals surface area contributed by atoms with Crippen molar-refractivity contribution in [2.75, 3.05) is 39.5 Å². The Kier molecular flexibility index (Phi) is 11.8. The number of ether oxygens (including phenoxy) is 1. The molecule has 2 rings (SSSR count). The molecule has 1 unspecified atom stereocenters. The molecule has 10 heteroatoms. The molecule has 1 aromatic rings. The van der Waals surface area contributed by atoms with Crippen molar-refractivity contribution in [1.82, 2.24) is 14.9 Å². The van der Waals surface area contributed by atoms with Crippen LogP contribution in [0.4, 0.5) is 0 Å². The first-order chi connectivity index (χ1) is 13.4. The van der Waals surface area contributed by atoms with Crippen molar-refractivity contribution in [3.63, 3.8) is 0 Å². The standard InChI is InChI=1S/C19H31ClN4O3S.HI/c1-4-12-28(25,26)24-10-8-17(9-11-24)23-19(21-2)22-14-18(27-3)15-6-5-7-16(20)13-15;/h5-7,13,17-18H,4,8-12,14H2,1-3H3,(H2,21,22,23);1H. The van der Waals surface area contributed by atoms with Crippen LogP contribution in [0.5, 0.6) is 0 Å². The van der Waals surface area contributed by atoms with E-state index >= 15 is 0 Å². The number of halogens is 2. The van der Waals surface area contributed by atoms with E-state index in [4.69, 9.17) is 16.3 Å². The highest BCUT2D eigenvalue weighted by atomic mass is 127. The van der Waals surface area contributed by atoms with E-state index in [-0.39, 0.29) is 41.9 Å². The van der Waals surface area contributed by atoms with E-state index in [9.17, 15) is 8.42 Å². The molecule has 0 aromatic heterocycles. The number of benzene rings is 1. The number of guanidine groups is 1. The normalized spacial score (nSPS) is 17.4. The molecule has 1 saturated heterocycles. The molecule has 1 aliphatic heterocycles. The first-order valence-electron chi connectivity index (χ1n) is 9.62. The van der Waals surface area contributed by atoms with Crippen molar-refractivity contribution < 1.29 is 13.2 Å². The van der Waals surface area contributed by atoms with Gasteiger partial charge >= 0.3 is 0 Å². The van der Waals surface area contributed by atoms with Crippen LogP contribution in [-0.4, -0.2) is 64.3 Å². The predicted octanol–water partition coefficient (Wildman–Crippen LogP) is 3.01. The third kappa shape index (κ3) is 8.20. The van der Waals surface area contributed by atoms with Crippen molar-refractivity contribution in [3.05, 3.63) is 34.9 Å². The van der Waals surface area contributed by atoms with Gasteiger partial charge in [-0.25, -0.2) is 12.7 Å². The molecule has 1 aromatic carbocycles. The van der Waals surface area contributed by atoms with E-state index in [1.54, 1.807) is 18.5 Å². The van der Waals surface area contributed by atoms with Crippen LogP contribution in [0.2, 0.25) is 5.02 Å². The Morgan fingerprint density at radius 2 is 2.07 bits per heavy atom. The first-order valence-corrected chi connectivity index (χ1v) is 11.6. The zero-order valence-electron chi connectivity index (χ0n) is 17.2. The number of piperidine rings is 1. The van der Waals surface area contributed by atoms with E-state index in [1.807, 2.05) is 31.2 Å². The third-order valence-corrected chi connectivity index (χ3v) is 7.14. The van der Waals surface area contributed by atoms with Gasteiger partial charge in [0, 0.05) is 44.9 Å². The summed E-state index contributed by atoms with van der Waals surface area (Å²) in [7, 11) is 0.265. The number of methoxy groups -OCH3 is 1. The SMILES string of the molecule is CCCS(=O)(=O)N1CCC(NC(=NC)NCC(OC)c2cccc(Cl)c2)CC1.I. The fourth-order valence-electron chi connectivity index (χ4n) is 3.29. The second kappa shape index (κ2) is 12.9. The van der Waals surface area contributed by atoms with Crippen LogP contribution in [0.25, 0.3) is 0 Å². The van der Waals surface area contributed by atoms with Crippen molar-refractivity contribution >= 4 is 51.6 Å². The topological polar surface area (TPSA) is 83.0 Å². The Balaban J connectivity index is 0.00000420. The molecule has 1 aliphatic rings. The van der Waals surface area contributed by atoms with Gasteiger partial charge in [-0.15, -0.1) is 24.0 Å². The highest BCUT2D eigenvalue weighted by Gasteiger charge is 2.27. The molecule has 0 aliphatic carbocycles. The van der Waals surface area contributed by atoms with E-state index < -0.39 is 10.0 Å². The Hall–Kier alpha value is -0.620. The lowest BCUT2D eigenvalue weighted by atomic mass is 10.1. The highest BCUT2D eigenvalue weighted by Crippen LogP contribution is 2.20. The van der Waals surface area contributed by atoms with Gasteiger partial charge in [0.25, 0.3) is 0 Å². The van der Waals surface area contributed by atoms with Gasteiger partial charge in [-0.05, 0) is 37.0 Å². The summed E-state index contributed by atoms with van der Waals surface area (Å²) in [6.07, 6.45) is 2.00. The number of hydrogen-bond donors (Lipinski definition) is 2. The number of aliphatic imine (C=N–C) groups is 1. The minimum absolute atomic E-state index is 0. The molecule has 0 amide bonds. The summed E-state index contributed by atoms with van der Waals surface area (Å²) >= 11 is 6.07. The van der Waals surface area contributed by atoms with Crippen LogP contribution in [0, 0.1) is 0 Å². The number of nitrogens with one attached hydrogen (secondary N) is 2. The third-order valence-electron chi connectivity index (χ3n) is 4.83. The van der Waals surface area contributed by atoms with Crippen LogP contribution < -0.4 is 10.6 Å². The Morgan fingerprint density at radius 3 is 2.62 bits per heavy atom. The second-order valence-corrected chi connectivity index (χ2v) is 9.39. The van der Waals surface area contributed by atoms with Crippen molar-refractivity contribution in [2.24, 2.45) is 4.99 Å².